The van der Waals surface area contributed by atoms with Gasteiger partial charge >= 0.3 is 0 Å². The van der Waals surface area contributed by atoms with Crippen molar-refractivity contribution >= 4 is 11.4 Å². The van der Waals surface area contributed by atoms with E-state index in [0.717, 1.165) is 58.1 Å². The lowest BCUT2D eigenvalue weighted by Gasteiger charge is -2.29. The Morgan fingerprint density at radius 1 is 0.380 bits per heavy atom. The first-order chi connectivity index (χ1) is 24.2. The summed E-state index contributed by atoms with van der Waals surface area (Å²) >= 11 is 0. The van der Waals surface area contributed by atoms with Crippen LogP contribution >= 0.6 is 0 Å². The van der Waals surface area contributed by atoms with Crippen molar-refractivity contribution < 1.29 is 18.4 Å². The highest BCUT2D eigenvalue weighted by Gasteiger charge is 2.15. The van der Waals surface area contributed by atoms with Gasteiger partial charge in [-0.15, -0.1) is 0 Å². The lowest BCUT2D eigenvalue weighted by Crippen LogP contribution is -2.43. The Hall–Kier alpha value is -2.44. The minimum atomic E-state index is 0.718. The van der Waals surface area contributed by atoms with Gasteiger partial charge in [0.05, 0.1) is 52.7 Å². The molecule has 6 nitrogen and oxygen atoms in total. The standard InChI is InChI=1S/C44H78N4O2/c1-7-9-11-13-15-17-19-21-23-25-35-47(3,4)37-39-49-43-31-27-41(28-32-43)45-46-42-29-33-44(34-30-42)50-40-38-48(5,6)36-26-24-22-20-18-16-14-12-10-8-2/h27-34H,7-26,35-40H2,1-6H3/q+2. The number of unbranched alkanes of at least 4 members (excludes halogenated alkanes) is 18. The van der Waals surface area contributed by atoms with Gasteiger partial charge in [0.25, 0.3) is 0 Å². The lowest BCUT2D eigenvalue weighted by atomic mass is 10.1. The average Bonchev–Trinajstić information content (AvgIpc) is 3.10. The van der Waals surface area contributed by atoms with Crippen molar-refractivity contribution in [2.24, 2.45) is 10.2 Å². The Bertz CT molecular complexity index is 1010. The summed E-state index contributed by atoms with van der Waals surface area (Å²) in [5.41, 5.74) is 1.63. The summed E-state index contributed by atoms with van der Waals surface area (Å²) in [4.78, 5) is 0. The number of hydrogen-bond acceptors (Lipinski definition) is 4. The van der Waals surface area contributed by atoms with E-state index in [0.29, 0.717) is 0 Å². The molecule has 0 aliphatic carbocycles. The van der Waals surface area contributed by atoms with Crippen molar-refractivity contribution in [3.63, 3.8) is 0 Å². The summed E-state index contributed by atoms with van der Waals surface area (Å²) in [5.74, 6) is 1.77. The van der Waals surface area contributed by atoms with Gasteiger partial charge in [0, 0.05) is 0 Å². The topological polar surface area (TPSA) is 43.2 Å². The van der Waals surface area contributed by atoms with Crippen LogP contribution in [0.2, 0.25) is 0 Å². The number of rotatable bonds is 32. The minimum absolute atomic E-state index is 0.718. The third-order valence-electron chi connectivity index (χ3n) is 10.1. The number of likely N-dealkylation sites (N-methyl/N-ethyl adjacent to an activating group) is 2. The van der Waals surface area contributed by atoms with Crippen molar-refractivity contribution in [3.8, 4) is 11.5 Å². The van der Waals surface area contributed by atoms with Gasteiger partial charge in [-0.2, -0.15) is 10.2 Å². The van der Waals surface area contributed by atoms with Crippen LogP contribution in [0.15, 0.2) is 58.8 Å². The fourth-order valence-electron chi connectivity index (χ4n) is 6.43. The molecule has 0 amide bonds. The van der Waals surface area contributed by atoms with E-state index in [1.165, 1.54) is 142 Å². The lowest BCUT2D eigenvalue weighted by molar-refractivity contribution is -0.890. The third-order valence-corrected chi connectivity index (χ3v) is 10.1. The van der Waals surface area contributed by atoms with Gasteiger partial charge in [0.15, 0.2) is 0 Å². The minimum Gasteiger partial charge on any atom is -0.488 e. The third kappa shape index (κ3) is 23.1. The first-order valence-corrected chi connectivity index (χ1v) is 20.7. The van der Waals surface area contributed by atoms with E-state index < -0.39 is 0 Å². The molecule has 0 aromatic heterocycles. The average molecular weight is 695 g/mol. The monoisotopic (exact) mass is 695 g/mol. The Balaban J connectivity index is 1.56. The number of hydrogen-bond donors (Lipinski definition) is 0. The predicted molar refractivity (Wildman–Crippen MR) is 215 cm³/mol. The van der Waals surface area contributed by atoms with E-state index in [-0.39, 0.29) is 0 Å². The SMILES string of the molecule is CCCCCCCCCCCC[N+](C)(C)CCOc1ccc(N=Nc2ccc(OCC[N+](C)(C)CCCCCCCCCCCC)cc2)cc1. The van der Waals surface area contributed by atoms with Crippen LogP contribution in [0, 0.1) is 0 Å². The summed E-state index contributed by atoms with van der Waals surface area (Å²) in [6.07, 6.45) is 27.7. The highest BCUT2D eigenvalue weighted by molar-refractivity contribution is 5.44. The molecule has 0 N–H and O–H groups in total. The van der Waals surface area contributed by atoms with Crippen LogP contribution in [-0.4, -0.2) is 76.5 Å². The molecule has 2 aromatic rings. The molecule has 2 aromatic carbocycles. The highest BCUT2D eigenvalue weighted by Crippen LogP contribution is 2.23. The molecule has 0 bridgehead atoms. The number of ether oxygens (including phenoxy) is 2. The molecular formula is C44H78N4O2+2. The molecule has 0 radical (unpaired) electrons. The molecule has 0 unspecified atom stereocenters. The van der Waals surface area contributed by atoms with Gasteiger partial charge in [-0.3, -0.25) is 0 Å². The molecule has 0 saturated heterocycles. The van der Waals surface area contributed by atoms with Crippen LogP contribution in [0.3, 0.4) is 0 Å². The maximum atomic E-state index is 6.07. The van der Waals surface area contributed by atoms with E-state index in [1.807, 2.05) is 48.5 Å². The van der Waals surface area contributed by atoms with Gasteiger partial charge < -0.3 is 18.4 Å². The van der Waals surface area contributed by atoms with Gasteiger partial charge in [0.2, 0.25) is 0 Å². The number of nitrogens with zero attached hydrogens (tertiary/aromatic N) is 4. The van der Waals surface area contributed by atoms with E-state index in [4.69, 9.17) is 9.47 Å². The van der Waals surface area contributed by atoms with Gasteiger partial charge in [-0.1, -0.05) is 117 Å². The Morgan fingerprint density at radius 2 is 0.660 bits per heavy atom. The van der Waals surface area contributed by atoms with Crippen LogP contribution in [0.25, 0.3) is 0 Å². The number of azo groups is 1. The highest BCUT2D eigenvalue weighted by atomic mass is 16.5. The molecule has 0 atom stereocenters. The summed E-state index contributed by atoms with van der Waals surface area (Å²) in [7, 11) is 9.28. The predicted octanol–water partition coefficient (Wildman–Crippen LogP) is 12.9. The second-order valence-electron chi connectivity index (χ2n) is 16.0. The zero-order chi connectivity index (χ0) is 36.2. The fourth-order valence-corrected chi connectivity index (χ4v) is 6.43. The van der Waals surface area contributed by atoms with E-state index in [1.54, 1.807) is 0 Å². The Morgan fingerprint density at radius 3 is 0.960 bits per heavy atom. The van der Waals surface area contributed by atoms with Crippen LogP contribution in [0.5, 0.6) is 11.5 Å². The van der Waals surface area contributed by atoms with Crippen LogP contribution < -0.4 is 9.47 Å². The second kappa shape index (κ2) is 27.2. The summed E-state index contributed by atoms with van der Waals surface area (Å²) in [6.45, 7) is 10.5. The normalized spacial score (nSPS) is 12.2. The van der Waals surface area contributed by atoms with Crippen LogP contribution in [0.4, 0.5) is 11.4 Å². The first-order valence-electron chi connectivity index (χ1n) is 20.7. The first kappa shape index (κ1) is 43.7. The molecule has 0 fully saturated rings. The molecule has 2 rings (SSSR count). The summed E-state index contributed by atoms with van der Waals surface area (Å²) < 4.78 is 14.2. The molecule has 0 saturated carbocycles. The van der Waals surface area contributed by atoms with Gasteiger partial charge in [-0.05, 0) is 74.2 Å². The quantitative estimate of drug-likeness (QED) is 0.0435. The van der Waals surface area contributed by atoms with E-state index in [2.05, 4.69) is 52.3 Å². The molecule has 0 aliphatic heterocycles. The molecule has 50 heavy (non-hydrogen) atoms. The molecule has 0 aliphatic rings. The summed E-state index contributed by atoms with van der Waals surface area (Å²) in [5, 5.41) is 8.86. The fraction of sp³-hybridized carbons (Fsp3) is 0.727. The van der Waals surface area contributed by atoms with Gasteiger partial charge in [0.1, 0.15) is 37.8 Å². The zero-order valence-electron chi connectivity index (χ0n) is 33.6. The van der Waals surface area contributed by atoms with Crippen molar-refractivity contribution in [2.75, 3.05) is 67.6 Å². The van der Waals surface area contributed by atoms with Crippen LogP contribution in [-0.2, 0) is 0 Å². The van der Waals surface area contributed by atoms with Gasteiger partial charge in [-0.25, -0.2) is 0 Å². The van der Waals surface area contributed by atoms with Crippen molar-refractivity contribution in [1.29, 1.82) is 0 Å². The van der Waals surface area contributed by atoms with E-state index >= 15 is 0 Å². The maximum Gasteiger partial charge on any atom is 0.137 e. The maximum absolute atomic E-state index is 6.07. The molecular weight excluding hydrogens is 617 g/mol. The van der Waals surface area contributed by atoms with Crippen molar-refractivity contribution in [2.45, 2.75) is 142 Å². The van der Waals surface area contributed by atoms with Crippen LogP contribution in [0.1, 0.15) is 142 Å². The van der Waals surface area contributed by atoms with Crippen molar-refractivity contribution in [1.82, 2.24) is 0 Å². The number of benzene rings is 2. The molecule has 0 heterocycles. The zero-order valence-corrected chi connectivity index (χ0v) is 33.6. The Labute approximate surface area is 309 Å². The Kier molecular flexibility index (Phi) is 23.8. The molecule has 6 heteroatoms. The van der Waals surface area contributed by atoms with E-state index in [9.17, 15) is 0 Å². The molecule has 0 spiro atoms. The van der Waals surface area contributed by atoms with Crippen molar-refractivity contribution in [3.05, 3.63) is 48.5 Å². The smallest absolute Gasteiger partial charge is 0.137 e. The number of quaternary nitrogens is 2. The molecule has 284 valence electrons. The second-order valence-corrected chi connectivity index (χ2v) is 16.0. The summed E-state index contributed by atoms with van der Waals surface area (Å²) in [6, 6.07) is 15.8. The largest absolute Gasteiger partial charge is 0.488 e.